The molecule has 0 aromatic heterocycles. The largest absolute Gasteiger partial charge is 0.460 e. The Morgan fingerprint density at radius 2 is 1.83 bits per heavy atom. The average molecular weight is 273 g/mol. The molecule has 5 heteroatoms. The van der Waals surface area contributed by atoms with Crippen molar-refractivity contribution in [1.29, 1.82) is 0 Å². The van der Waals surface area contributed by atoms with E-state index in [0.717, 1.165) is 38.1 Å². The first-order chi connectivity index (χ1) is 8.63. The summed E-state index contributed by atoms with van der Waals surface area (Å²) in [4.78, 5) is 11.0. The molecular formula is C13H25O4Si. The van der Waals surface area contributed by atoms with Gasteiger partial charge in [0.25, 0.3) is 0 Å². The lowest BCUT2D eigenvalue weighted by atomic mass is 10.3. The predicted molar refractivity (Wildman–Crippen MR) is 73.9 cm³/mol. The summed E-state index contributed by atoms with van der Waals surface area (Å²) in [6, 6.07) is 1.02. The van der Waals surface area contributed by atoms with E-state index in [1.54, 1.807) is 0 Å². The summed E-state index contributed by atoms with van der Waals surface area (Å²) in [5.41, 5.74) is 0. The summed E-state index contributed by atoms with van der Waals surface area (Å²) in [6.45, 7) is 10.8. The van der Waals surface area contributed by atoms with Gasteiger partial charge in [-0.05, 0) is 27.2 Å². The van der Waals surface area contributed by atoms with Gasteiger partial charge in [-0.15, -0.1) is 0 Å². The molecule has 4 nitrogen and oxygen atoms in total. The van der Waals surface area contributed by atoms with Crippen LogP contribution in [0, 0.1) is 0 Å². The van der Waals surface area contributed by atoms with Crippen molar-refractivity contribution in [3.05, 3.63) is 12.7 Å². The van der Waals surface area contributed by atoms with Crippen molar-refractivity contribution in [3.8, 4) is 0 Å². The van der Waals surface area contributed by atoms with E-state index < -0.39 is 8.80 Å². The molecule has 0 fully saturated rings. The molecule has 0 aromatic rings. The molecule has 0 amide bonds. The highest BCUT2D eigenvalue weighted by Gasteiger charge is 2.15. The van der Waals surface area contributed by atoms with Gasteiger partial charge in [-0.2, -0.15) is 0 Å². The van der Waals surface area contributed by atoms with Crippen LogP contribution in [0.25, 0.3) is 0 Å². The Labute approximate surface area is 112 Å². The molecule has 0 heterocycles. The van der Waals surface area contributed by atoms with Crippen LogP contribution in [0.2, 0.25) is 6.04 Å². The first-order valence-corrected chi connectivity index (χ1v) is 8.58. The molecule has 0 aliphatic rings. The second kappa shape index (κ2) is 11.4. The Balaban J connectivity index is 3.91. The van der Waals surface area contributed by atoms with Crippen molar-refractivity contribution >= 4 is 14.8 Å². The highest BCUT2D eigenvalue weighted by molar-refractivity contribution is 6.58. The van der Waals surface area contributed by atoms with Crippen LogP contribution in [0.1, 0.15) is 27.2 Å². The molecule has 105 valence electrons. The number of esters is 1. The molecule has 0 saturated heterocycles. The van der Waals surface area contributed by atoms with Crippen LogP contribution >= 0.6 is 0 Å². The molecule has 1 unspecified atom stereocenters. The quantitative estimate of drug-likeness (QED) is 0.329. The van der Waals surface area contributed by atoms with Crippen molar-refractivity contribution in [1.82, 2.24) is 0 Å². The van der Waals surface area contributed by atoms with Gasteiger partial charge >= 0.3 is 5.97 Å². The molecule has 1 radical (unpaired) electrons. The molecule has 0 aliphatic carbocycles. The van der Waals surface area contributed by atoms with E-state index in [0.29, 0.717) is 0 Å². The van der Waals surface area contributed by atoms with Crippen molar-refractivity contribution in [2.24, 2.45) is 0 Å². The summed E-state index contributed by atoms with van der Waals surface area (Å²) < 4.78 is 16.1. The van der Waals surface area contributed by atoms with Gasteiger partial charge < -0.3 is 14.2 Å². The molecular weight excluding hydrogens is 248 g/mol. The second-order valence-corrected chi connectivity index (χ2v) is 6.59. The summed E-state index contributed by atoms with van der Waals surface area (Å²) in [5.74, 6) is -0.356. The molecule has 18 heavy (non-hydrogen) atoms. The summed E-state index contributed by atoms with van der Waals surface area (Å²) in [5, 5.41) is 0. The van der Waals surface area contributed by atoms with E-state index in [4.69, 9.17) is 14.2 Å². The van der Waals surface area contributed by atoms with E-state index in [2.05, 4.69) is 6.58 Å². The zero-order valence-corrected chi connectivity index (χ0v) is 12.7. The fourth-order valence-corrected chi connectivity index (χ4v) is 3.56. The number of hydrogen-bond donors (Lipinski definition) is 0. The highest BCUT2D eigenvalue weighted by atomic mass is 28.3. The number of carbonyl (C=O) groups excluding carboxylic acids is 1. The van der Waals surface area contributed by atoms with Gasteiger partial charge in [0.15, 0.2) is 0 Å². The molecule has 0 saturated carbocycles. The number of ether oxygens (including phenoxy) is 3. The molecule has 1 atom stereocenters. The Morgan fingerprint density at radius 1 is 1.28 bits per heavy atom. The van der Waals surface area contributed by atoms with Crippen LogP contribution in [0.5, 0.6) is 0 Å². The molecule has 0 aromatic carbocycles. The van der Waals surface area contributed by atoms with Crippen LogP contribution in [0.4, 0.5) is 0 Å². The lowest BCUT2D eigenvalue weighted by Crippen LogP contribution is -2.29. The van der Waals surface area contributed by atoms with Gasteiger partial charge in [0.2, 0.25) is 0 Å². The molecule has 0 spiro atoms. The third kappa shape index (κ3) is 9.38. The first-order valence-electron chi connectivity index (χ1n) is 6.46. The zero-order chi connectivity index (χ0) is 13.8. The smallest absolute Gasteiger partial charge is 0.330 e. The van der Waals surface area contributed by atoms with Gasteiger partial charge in [-0.3, -0.25) is 0 Å². The maximum absolute atomic E-state index is 11.0. The molecule has 0 rings (SSSR count). The van der Waals surface area contributed by atoms with E-state index in [1.165, 1.54) is 6.08 Å². The van der Waals surface area contributed by atoms with Gasteiger partial charge in [0.05, 0.1) is 6.10 Å². The van der Waals surface area contributed by atoms with Gasteiger partial charge in [-0.25, -0.2) is 4.79 Å². The average Bonchev–Trinajstić information content (AvgIpc) is 2.37. The van der Waals surface area contributed by atoms with E-state index in [-0.39, 0.29) is 12.1 Å². The van der Waals surface area contributed by atoms with Crippen molar-refractivity contribution in [2.75, 3.05) is 25.7 Å². The van der Waals surface area contributed by atoms with Crippen LogP contribution in [-0.4, -0.2) is 46.5 Å². The number of rotatable bonds is 11. The minimum absolute atomic E-state index is 0.0706. The predicted octanol–water partition coefficient (Wildman–Crippen LogP) is 2.14. The van der Waals surface area contributed by atoms with Gasteiger partial charge in [-0.1, -0.05) is 12.6 Å². The topological polar surface area (TPSA) is 44.8 Å². The van der Waals surface area contributed by atoms with Crippen molar-refractivity contribution in [2.45, 2.75) is 39.3 Å². The highest BCUT2D eigenvalue weighted by Crippen LogP contribution is 2.07. The summed E-state index contributed by atoms with van der Waals surface area (Å²) >= 11 is 0. The number of carbonyl (C=O) groups is 1. The van der Waals surface area contributed by atoms with Gasteiger partial charge in [0, 0.05) is 31.8 Å². The standard InChI is InChI=1S/C13H25O4Si/c1-5-13(14)17-12(4)8-9-18(10-15-6-2)11-16-7-3/h5,12H,1,6-11H2,2-4H3. The lowest BCUT2D eigenvalue weighted by Gasteiger charge is -2.17. The normalized spacial score (nSPS) is 12.4. The minimum Gasteiger partial charge on any atom is -0.460 e. The maximum Gasteiger partial charge on any atom is 0.330 e. The maximum atomic E-state index is 11.0. The minimum atomic E-state index is -0.668. The second-order valence-electron chi connectivity index (χ2n) is 4.01. The first kappa shape index (κ1) is 17.3. The zero-order valence-electron chi connectivity index (χ0n) is 11.7. The van der Waals surface area contributed by atoms with Crippen molar-refractivity contribution in [3.63, 3.8) is 0 Å². The molecule has 0 bridgehead atoms. The fraction of sp³-hybridized carbons (Fsp3) is 0.769. The van der Waals surface area contributed by atoms with E-state index in [9.17, 15) is 4.79 Å². The van der Waals surface area contributed by atoms with Crippen LogP contribution in [0.3, 0.4) is 0 Å². The molecule has 0 aliphatic heterocycles. The fourth-order valence-electron chi connectivity index (χ4n) is 1.39. The third-order valence-corrected chi connectivity index (χ3v) is 4.63. The summed E-state index contributed by atoms with van der Waals surface area (Å²) in [6.07, 6.45) is 3.57. The Bertz CT molecular complexity index is 225. The van der Waals surface area contributed by atoms with Crippen LogP contribution in [0.15, 0.2) is 12.7 Å². The van der Waals surface area contributed by atoms with E-state index in [1.807, 2.05) is 20.8 Å². The third-order valence-electron chi connectivity index (χ3n) is 2.41. The Hall–Kier alpha value is -0.653. The van der Waals surface area contributed by atoms with Gasteiger partial charge in [0.1, 0.15) is 8.80 Å². The Morgan fingerprint density at radius 3 is 2.28 bits per heavy atom. The SMILES string of the molecule is C=CC(=O)OC(C)CC[Si](COCC)COCC. The monoisotopic (exact) mass is 273 g/mol. The number of hydrogen-bond acceptors (Lipinski definition) is 4. The van der Waals surface area contributed by atoms with Crippen LogP contribution < -0.4 is 0 Å². The van der Waals surface area contributed by atoms with Crippen molar-refractivity contribution < 1.29 is 19.0 Å². The summed E-state index contributed by atoms with van der Waals surface area (Å²) in [7, 11) is -0.668. The van der Waals surface area contributed by atoms with Crippen LogP contribution in [-0.2, 0) is 19.0 Å². The van der Waals surface area contributed by atoms with E-state index >= 15 is 0 Å². The lowest BCUT2D eigenvalue weighted by molar-refractivity contribution is -0.142. The Kier molecular flexibility index (Phi) is 11.0. The molecule has 0 N–H and O–H groups in total.